The van der Waals surface area contributed by atoms with Crippen molar-refractivity contribution < 1.29 is 4.39 Å². The highest BCUT2D eigenvalue weighted by molar-refractivity contribution is 5.09. The summed E-state index contributed by atoms with van der Waals surface area (Å²) in [4.78, 5) is 3.81. The lowest BCUT2D eigenvalue weighted by atomic mass is 10.2. The van der Waals surface area contributed by atoms with E-state index in [1.807, 2.05) is 16.9 Å². The summed E-state index contributed by atoms with van der Waals surface area (Å²) in [6.07, 6.45) is 6.54. The smallest absolute Gasteiger partial charge is 0.141 e. The van der Waals surface area contributed by atoms with Crippen LogP contribution in [-0.2, 0) is 13.1 Å². The molecule has 17 heavy (non-hydrogen) atoms. The summed E-state index contributed by atoms with van der Waals surface area (Å²) in [5.74, 6) is -0.302. The first-order chi connectivity index (χ1) is 8.24. The molecule has 0 aromatic carbocycles. The van der Waals surface area contributed by atoms with Gasteiger partial charge in [-0.05, 0) is 24.6 Å². The second-order valence-corrected chi connectivity index (χ2v) is 4.02. The van der Waals surface area contributed by atoms with Gasteiger partial charge in [-0.1, -0.05) is 0 Å². The summed E-state index contributed by atoms with van der Waals surface area (Å²) in [6.45, 7) is 3.46. The fraction of sp³-hybridized carbons (Fsp3) is 0.333. The molecule has 0 bridgehead atoms. The zero-order valence-electron chi connectivity index (χ0n) is 9.68. The van der Waals surface area contributed by atoms with Gasteiger partial charge in [-0.3, -0.25) is 9.67 Å². The van der Waals surface area contributed by atoms with Crippen LogP contribution in [0.3, 0.4) is 0 Å². The fourth-order valence-electron chi connectivity index (χ4n) is 1.60. The number of nitrogens with one attached hydrogen (secondary N) is 1. The largest absolute Gasteiger partial charge is 0.308 e. The van der Waals surface area contributed by atoms with E-state index < -0.39 is 0 Å². The molecule has 0 aliphatic carbocycles. The van der Waals surface area contributed by atoms with Crippen LogP contribution in [-0.4, -0.2) is 20.8 Å². The lowest BCUT2D eigenvalue weighted by Gasteiger charge is -2.13. The van der Waals surface area contributed by atoms with Crippen LogP contribution in [0.4, 0.5) is 4.39 Å². The third-order valence-electron chi connectivity index (χ3n) is 2.44. The van der Waals surface area contributed by atoms with Crippen molar-refractivity contribution >= 4 is 0 Å². The van der Waals surface area contributed by atoms with Gasteiger partial charge in [-0.25, -0.2) is 4.39 Å². The van der Waals surface area contributed by atoms with Crippen LogP contribution in [0.5, 0.6) is 0 Å². The molecule has 0 aliphatic heterocycles. The zero-order chi connectivity index (χ0) is 12.1. The maximum Gasteiger partial charge on any atom is 0.141 e. The van der Waals surface area contributed by atoms with E-state index in [1.54, 1.807) is 12.4 Å². The lowest BCUT2D eigenvalue weighted by Crippen LogP contribution is -2.30. The van der Waals surface area contributed by atoms with Crippen molar-refractivity contribution in [1.82, 2.24) is 20.1 Å². The Labute approximate surface area is 99.5 Å². The predicted octanol–water partition coefficient (Wildman–Crippen LogP) is 1.60. The van der Waals surface area contributed by atoms with E-state index in [1.165, 1.54) is 12.3 Å². The number of aromatic nitrogens is 3. The number of halogens is 1. The first kappa shape index (κ1) is 11.7. The maximum absolute atomic E-state index is 12.9. The van der Waals surface area contributed by atoms with Crippen LogP contribution in [0.15, 0.2) is 36.9 Å². The summed E-state index contributed by atoms with van der Waals surface area (Å²) in [5, 5.41) is 7.43. The highest BCUT2D eigenvalue weighted by Crippen LogP contribution is 2.01. The van der Waals surface area contributed by atoms with Gasteiger partial charge in [0.05, 0.1) is 12.7 Å². The minimum absolute atomic E-state index is 0.262. The molecular formula is C12H15FN4. The molecule has 0 aliphatic rings. The van der Waals surface area contributed by atoms with Crippen molar-refractivity contribution in [2.75, 3.05) is 0 Å². The van der Waals surface area contributed by atoms with Gasteiger partial charge in [0.25, 0.3) is 0 Å². The van der Waals surface area contributed by atoms with Gasteiger partial charge in [0.1, 0.15) is 5.82 Å². The monoisotopic (exact) mass is 234 g/mol. The van der Waals surface area contributed by atoms with Gasteiger partial charge in [0.15, 0.2) is 0 Å². The number of hydrogen-bond acceptors (Lipinski definition) is 3. The first-order valence-corrected chi connectivity index (χ1v) is 5.54. The van der Waals surface area contributed by atoms with Crippen molar-refractivity contribution in [1.29, 1.82) is 0 Å². The van der Waals surface area contributed by atoms with Gasteiger partial charge >= 0.3 is 0 Å². The van der Waals surface area contributed by atoms with Crippen LogP contribution in [0.2, 0.25) is 0 Å². The molecule has 0 saturated carbocycles. The predicted molar refractivity (Wildman–Crippen MR) is 62.7 cm³/mol. The number of pyridine rings is 1. The Kier molecular flexibility index (Phi) is 3.82. The molecule has 0 radical (unpaired) electrons. The van der Waals surface area contributed by atoms with Gasteiger partial charge in [0, 0.05) is 31.2 Å². The summed E-state index contributed by atoms with van der Waals surface area (Å²) >= 11 is 0. The minimum Gasteiger partial charge on any atom is -0.308 e. The zero-order valence-corrected chi connectivity index (χ0v) is 9.68. The second kappa shape index (κ2) is 5.54. The highest BCUT2D eigenvalue weighted by Gasteiger charge is 2.03. The fourth-order valence-corrected chi connectivity index (χ4v) is 1.60. The van der Waals surface area contributed by atoms with Crippen LogP contribution < -0.4 is 5.32 Å². The molecule has 4 nitrogen and oxygen atoms in total. The van der Waals surface area contributed by atoms with Gasteiger partial charge in [0.2, 0.25) is 0 Å². The average Bonchev–Trinajstić information content (AvgIpc) is 2.79. The summed E-state index contributed by atoms with van der Waals surface area (Å²) in [6, 6.07) is 3.64. The molecule has 2 aromatic heterocycles. The van der Waals surface area contributed by atoms with Gasteiger partial charge in [-0.15, -0.1) is 0 Å². The van der Waals surface area contributed by atoms with Crippen LogP contribution in [0.1, 0.15) is 12.5 Å². The number of nitrogens with zero attached hydrogens (tertiary/aromatic N) is 3. The lowest BCUT2D eigenvalue weighted by molar-refractivity contribution is 0.450. The number of hydrogen-bond donors (Lipinski definition) is 1. The molecule has 2 heterocycles. The van der Waals surface area contributed by atoms with Gasteiger partial charge < -0.3 is 5.32 Å². The summed E-state index contributed by atoms with van der Waals surface area (Å²) < 4.78 is 14.8. The Morgan fingerprint density at radius 2 is 2.35 bits per heavy atom. The Balaban J connectivity index is 1.82. The Hall–Kier alpha value is -1.75. The Bertz CT molecular complexity index is 455. The molecule has 0 spiro atoms. The van der Waals surface area contributed by atoms with Gasteiger partial charge in [-0.2, -0.15) is 5.10 Å². The molecule has 2 rings (SSSR count). The minimum atomic E-state index is -0.302. The summed E-state index contributed by atoms with van der Waals surface area (Å²) in [5.41, 5.74) is 0.845. The molecule has 0 fully saturated rings. The summed E-state index contributed by atoms with van der Waals surface area (Å²) in [7, 11) is 0. The average molecular weight is 234 g/mol. The second-order valence-electron chi connectivity index (χ2n) is 4.02. The quantitative estimate of drug-likeness (QED) is 0.854. The third-order valence-corrected chi connectivity index (χ3v) is 2.44. The molecule has 2 aromatic rings. The molecule has 90 valence electrons. The molecular weight excluding hydrogens is 219 g/mol. The Morgan fingerprint density at radius 3 is 3.06 bits per heavy atom. The van der Waals surface area contributed by atoms with Crippen molar-refractivity contribution in [3.8, 4) is 0 Å². The molecule has 1 N–H and O–H groups in total. The molecule has 1 unspecified atom stereocenters. The van der Waals surface area contributed by atoms with Crippen LogP contribution >= 0.6 is 0 Å². The SMILES string of the molecule is CC(Cn1cccn1)NCc1cncc(F)c1. The van der Waals surface area contributed by atoms with E-state index >= 15 is 0 Å². The topological polar surface area (TPSA) is 42.7 Å². The highest BCUT2D eigenvalue weighted by atomic mass is 19.1. The number of rotatable bonds is 5. The van der Waals surface area contributed by atoms with Crippen molar-refractivity contribution in [3.05, 3.63) is 48.3 Å². The molecule has 5 heteroatoms. The van der Waals surface area contributed by atoms with E-state index in [9.17, 15) is 4.39 Å². The van der Waals surface area contributed by atoms with Crippen molar-refractivity contribution in [2.45, 2.75) is 26.1 Å². The van der Waals surface area contributed by atoms with Crippen LogP contribution in [0, 0.1) is 5.82 Å². The molecule has 0 amide bonds. The van der Waals surface area contributed by atoms with Crippen LogP contribution in [0.25, 0.3) is 0 Å². The van der Waals surface area contributed by atoms with E-state index in [2.05, 4.69) is 22.3 Å². The normalized spacial score (nSPS) is 12.6. The van der Waals surface area contributed by atoms with E-state index in [0.29, 0.717) is 6.54 Å². The molecule has 0 saturated heterocycles. The van der Waals surface area contributed by atoms with Crippen molar-refractivity contribution in [2.24, 2.45) is 0 Å². The molecule has 1 atom stereocenters. The first-order valence-electron chi connectivity index (χ1n) is 5.54. The maximum atomic E-state index is 12.9. The standard InChI is InChI=1S/C12H15FN4/c1-10(9-17-4-2-3-16-17)15-7-11-5-12(13)8-14-6-11/h2-6,8,10,15H,7,9H2,1H3. The van der Waals surface area contributed by atoms with Crippen molar-refractivity contribution in [3.63, 3.8) is 0 Å². The van der Waals surface area contributed by atoms with E-state index in [4.69, 9.17) is 0 Å². The van der Waals surface area contributed by atoms with E-state index in [0.717, 1.165) is 12.1 Å². The third kappa shape index (κ3) is 3.64. The van der Waals surface area contributed by atoms with E-state index in [-0.39, 0.29) is 11.9 Å². The Morgan fingerprint density at radius 1 is 1.47 bits per heavy atom.